The highest BCUT2D eigenvalue weighted by Crippen LogP contribution is 2.14. The quantitative estimate of drug-likeness (QED) is 0.903. The van der Waals surface area contributed by atoms with Crippen LogP contribution in [0.3, 0.4) is 0 Å². The van der Waals surface area contributed by atoms with Crippen molar-refractivity contribution in [1.82, 2.24) is 15.0 Å². The van der Waals surface area contributed by atoms with Gasteiger partial charge < -0.3 is 5.32 Å². The van der Waals surface area contributed by atoms with Crippen LogP contribution < -0.4 is 5.32 Å². The number of aromatic nitrogens is 3. The molecule has 0 unspecified atom stereocenters. The molecule has 0 bridgehead atoms. The lowest BCUT2D eigenvalue weighted by Gasteiger charge is -2.09. The zero-order valence-corrected chi connectivity index (χ0v) is 11.1. The maximum atomic E-state index is 4.49. The summed E-state index contributed by atoms with van der Waals surface area (Å²) in [4.78, 5) is 13.1. The largest absolute Gasteiger partial charge is 0.364 e. The van der Waals surface area contributed by atoms with Crippen LogP contribution >= 0.6 is 11.3 Å². The van der Waals surface area contributed by atoms with Crippen molar-refractivity contribution >= 4 is 17.2 Å². The van der Waals surface area contributed by atoms with E-state index in [2.05, 4.69) is 34.1 Å². The van der Waals surface area contributed by atoms with Crippen LogP contribution in [-0.4, -0.2) is 15.0 Å². The van der Waals surface area contributed by atoms with Crippen molar-refractivity contribution in [2.45, 2.75) is 33.2 Å². The Labute approximate surface area is 105 Å². The molecule has 0 spiro atoms. The van der Waals surface area contributed by atoms with E-state index >= 15 is 0 Å². The minimum Gasteiger partial charge on any atom is -0.364 e. The minimum atomic E-state index is 0.342. The van der Waals surface area contributed by atoms with Gasteiger partial charge in [0.1, 0.15) is 11.6 Å². The molecule has 0 aromatic carbocycles. The summed E-state index contributed by atoms with van der Waals surface area (Å²) in [6, 6.07) is 1.96. The SMILES string of the molecule is Cc1cc(NCc2cscn2)nc(C(C)C)n1. The van der Waals surface area contributed by atoms with Crippen LogP contribution in [0, 0.1) is 6.92 Å². The van der Waals surface area contributed by atoms with E-state index in [-0.39, 0.29) is 0 Å². The maximum Gasteiger partial charge on any atom is 0.133 e. The molecule has 0 fully saturated rings. The number of hydrogen-bond acceptors (Lipinski definition) is 5. The number of aryl methyl sites for hydroxylation is 1. The van der Waals surface area contributed by atoms with E-state index in [9.17, 15) is 0 Å². The third kappa shape index (κ3) is 3.23. The number of nitrogens with one attached hydrogen (secondary N) is 1. The summed E-state index contributed by atoms with van der Waals surface area (Å²) in [6.45, 7) is 6.89. The third-order valence-electron chi connectivity index (χ3n) is 2.32. The Hall–Kier alpha value is -1.49. The Morgan fingerprint density at radius 1 is 1.35 bits per heavy atom. The van der Waals surface area contributed by atoms with Gasteiger partial charge in [0.25, 0.3) is 0 Å². The van der Waals surface area contributed by atoms with Gasteiger partial charge in [-0.25, -0.2) is 15.0 Å². The summed E-state index contributed by atoms with van der Waals surface area (Å²) < 4.78 is 0. The molecule has 2 rings (SSSR count). The van der Waals surface area contributed by atoms with Gasteiger partial charge in [-0.3, -0.25) is 0 Å². The molecule has 2 heterocycles. The lowest BCUT2D eigenvalue weighted by atomic mass is 10.2. The van der Waals surface area contributed by atoms with Gasteiger partial charge in [-0.05, 0) is 6.92 Å². The first-order valence-corrected chi connectivity index (χ1v) is 6.56. The Morgan fingerprint density at radius 2 is 2.18 bits per heavy atom. The van der Waals surface area contributed by atoms with E-state index in [0.717, 1.165) is 23.0 Å². The molecule has 0 amide bonds. The van der Waals surface area contributed by atoms with E-state index in [0.29, 0.717) is 12.5 Å². The molecule has 4 nitrogen and oxygen atoms in total. The van der Waals surface area contributed by atoms with Gasteiger partial charge in [-0.15, -0.1) is 11.3 Å². The first-order valence-electron chi connectivity index (χ1n) is 5.61. The number of anilines is 1. The average molecular weight is 248 g/mol. The molecule has 1 N–H and O–H groups in total. The summed E-state index contributed by atoms with van der Waals surface area (Å²) >= 11 is 1.60. The van der Waals surface area contributed by atoms with Gasteiger partial charge in [0.2, 0.25) is 0 Å². The normalized spacial score (nSPS) is 10.8. The molecule has 90 valence electrons. The number of thiazole rings is 1. The number of hydrogen-bond donors (Lipinski definition) is 1. The standard InChI is InChI=1S/C12H16N4S/c1-8(2)12-15-9(3)4-11(16-12)13-5-10-6-17-7-14-10/h4,6-8H,5H2,1-3H3,(H,13,15,16). The Kier molecular flexibility index (Phi) is 3.68. The van der Waals surface area contributed by atoms with Crippen LogP contribution in [0.1, 0.15) is 37.0 Å². The highest BCUT2D eigenvalue weighted by molar-refractivity contribution is 7.07. The molecule has 2 aromatic rings. The molecule has 0 saturated carbocycles. The second kappa shape index (κ2) is 5.23. The topological polar surface area (TPSA) is 50.7 Å². The van der Waals surface area contributed by atoms with Crippen LogP contribution in [0.5, 0.6) is 0 Å². The molecular weight excluding hydrogens is 232 g/mol. The summed E-state index contributed by atoms with van der Waals surface area (Å²) in [7, 11) is 0. The Balaban J connectivity index is 2.10. The summed E-state index contributed by atoms with van der Waals surface area (Å²) in [5.41, 5.74) is 3.86. The van der Waals surface area contributed by atoms with E-state index in [4.69, 9.17) is 0 Å². The fourth-order valence-electron chi connectivity index (χ4n) is 1.45. The molecule has 17 heavy (non-hydrogen) atoms. The monoisotopic (exact) mass is 248 g/mol. The summed E-state index contributed by atoms with van der Waals surface area (Å²) in [6.07, 6.45) is 0. The Morgan fingerprint density at radius 3 is 2.82 bits per heavy atom. The number of rotatable bonds is 4. The fourth-order valence-corrected chi connectivity index (χ4v) is 2.00. The van der Waals surface area contributed by atoms with E-state index in [1.165, 1.54) is 0 Å². The minimum absolute atomic E-state index is 0.342. The lowest BCUT2D eigenvalue weighted by Crippen LogP contribution is -2.06. The van der Waals surface area contributed by atoms with Gasteiger partial charge in [0.15, 0.2) is 0 Å². The zero-order chi connectivity index (χ0) is 12.3. The van der Waals surface area contributed by atoms with Gasteiger partial charge >= 0.3 is 0 Å². The lowest BCUT2D eigenvalue weighted by molar-refractivity contribution is 0.766. The highest BCUT2D eigenvalue weighted by Gasteiger charge is 2.06. The van der Waals surface area contributed by atoms with Crippen molar-refractivity contribution < 1.29 is 0 Å². The molecule has 0 aliphatic heterocycles. The van der Waals surface area contributed by atoms with Crippen LogP contribution in [0.25, 0.3) is 0 Å². The van der Waals surface area contributed by atoms with E-state index < -0.39 is 0 Å². The van der Waals surface area contributed by atoms with Crippen LogP contribution in [0.15, 0.2) is 17.0 Å². The maximum absolute atomic E-state index is 4.49. The third-order valence-corrected chi connectivity index (χ3v) is 2.96. The van der Waals surface area contributed by atoms with Gasteiger partial charge in [-0.1, -0.05) is 13.8 Å². The van der Waals surface area contributed by atoms with Crippen LogP contribution in [0.2, 0.25) is 0 Å². The second-order valence-electron chi connectivity index (χ2n) is 4.24. The van der Waals surface area contributed by atoms with Crippen molar-refractivity contribution in [3.05, 3.63) is 34.2 Å². The molecule has 2 aromatic heterocycles. The van der Waals surface area contributed by atoms with Gasteiger partial charge in [-0.2, -0.15) is 0 Å². The smallest absolute Gasteiger partial charge is 0.133 e. The van der Waals surface area contributed by atoms with Crippen LogP contribution in [0.4, 0.5) is 5.82 Å². The molecule has 5 heteroatoms. The first kappa shape index (κ1) is 12.0. The van der Waals surface area contributed by atoms with Crippen molar-refractivity contribution in [2.24, 2.45) is 0 Å². The van der Waals surface area contributed by atoms with Gasteiger partial charge in [0.05, 0.1) is 17.7 Å². The zero-order valence-electron chi connectivity index (χ0n) is 10.3. The number of nitrogens with zero attached hydrogens (tertiary/aromatic N) is 3. The molecule has 0 radical (unpaired) electrons. The molecule has 0 saturated heterocycles. The van der Waals surface area contributed by atoms with Crippen molar-refractivity contribution in [1.29, 1.82) is 0 Å². The highest BCUT2D eigenvalue weighted by atomic mass is 32.1. The van der Waals surface area contributed by atoms with Crippen molar-refractivity contribution in [3.8, 4) is 0 Å². The van der Waals surface area contributed by atoms with E-state index in [1.807, 2.05) is 23.9 Å². The van der Waals surface area contributed by atoms with Crippen LogP contribution in [-0.2, 0) is 6.54 Å². The first-order chi connectivity index (χ1) is 8.15. The predicted molar refractivity (Wildman–Crippen MR) is 70.3 cm³/mol. The van der Waals surface area contributed by atoms with Crippen molar-refractivity contribution in [2.75, 3.05) is 5.32 Å². The second-order valence-corrected chi connectivity index (χ2v) is 4.96. The van der Waals surface area contributed by atoms with E-state index in [1.54, 1.807) is 11.3 Å². The summed E-state index contributed by atoms with van der Waals surface area (Å²) in [5.74, 6) is 2.09. The molecular formula is C12H16N4S. The molecule has 0 aliphatic carbocycles. The fraction of sp³-hybridized carbons (Fsp3) is 0.417. The molecule has 0 atom stereocenters. The van der Waals surface area contributed by atoms with Crippen molar-refractivity contribution in [3.63, 3.8) is 0 Å². The predicted octanol–water partition coefficient (Wildman–Crippen LogP) is 2.98. The van der Waals surface area contributed by atoms with Gasteiger partial charge in [0, 0.05) is 23.1 Å². The Bertz CT molecular complexity index is 479. The molecule has 0 aliphatic rings. The average Bonchev–Trinajstić information content (AvgIpc) is 2.78. The summed E-state index contributed by atoms with van der Waals surface area (Å²) in [5, 5.41) is 5.31.